The summed E-state index contributed by atoms with van der Waals surface area (Å²) < 4.78 is 19.6. The van der Waals surface area contributed by atoms with Crippen molar-refractivity contribution in [3.63, 3.8) is 0 Å². The second-order valence-corrected chi connectivity index (χ2v) is 5.59. The Bertz CT molecular complexity index is 737. The number of nitrogens with one attached hydrogen (secondary N) is 1. The molecule has 0 fully saturated rings. The SMILES string of the molecule is NC(=O)COc1ccccc1C(=O)NCc1cc(Br)ccc1F. The molecular weight excluding hydrogens is 367 g/mol. The Morgan fingerprint density at radius 3 is 2.70 bits per heavy atom. The monoisotopic (exact) mass is 380 g/mol. The third kappa shape index (κ3) is 4.79. The van der Waals surface area contributed by atoms with E-state index < -0.39 is 17.6 Å². The van der Waals surface area contributed by atoms with Gasteiger partial charge in [0.1, 0.15) is 11.6 Å². The molecule has 0 heterocycles. The zero-order valence-electron chi connectivity index (χ0n) is 12.0. The lowest BCUT2D eigenvalue weighted by Gasteiger charge is -2.11. The number of carbonyl (C=O) groups is 2. The van der Waals surface area contributed by atoms with Gasteiger partial charge in [0.05, 0.1) is 5.56 Å². The van der Waals surface area contributed by atoms with Gasteiger partial charge in [-0.2, -0.15) is 0 Å². The number of para-hydroxylation sites is 1. The normalized spacial score (nSPS) is 10.2. The van der Waals surface area contributed by atoms with E-state index in [-0.39, 0.29) is 24.5 Å². The predicted octanol–water partition coefficient (Wildman–Crippen LogP) is 2.38. The molecule has 0 radical (unpaired) electrons. The van der Waals surface area contributed by atoms with Crippen LogP contribution in [0, 0.1) is 5.82 Å². The number of rotatable bonds is 6. The molecule has 2 rings (SSSR count). The average molecular weight is 381 g/mol. The van der Waals surface area contributed by atoms with E-state index in [0.717, 1.165) is 0 Å². The number of ether oxygens (including phenoxy) is 1. The van der Waals surface area contributed by atoms with Crippen molar-refractivity contribution >= 4 is 27.7 Å². The Labute approximate surface area is 140 Å². The fourth-order valence-corrected chi connectivity index (χ4v) is 2.29. The summed E-state index contributed by atoms with van der Waals surface area (Å²) in [7, 11) is 0. The summed E-state index contributed by atoms with van der Waals surface area (Å²) in [6, 6.07) is 10.9. The molecule has 0 spiro atoms. The van der Waals surface area contributed by atoms with Crippen LogP contribution in [0.3, 0.4) is 0 Å². The molecule has 0 aliphatic carbocycles. The smallest absolute Gasteiger partial charge is 0.255 e. The molecule has 23 heavy (non-hydrogen) atoms. The van der Waals surface area contributed by atoms with E-state index in [4.69, 9.17) is 10.5 Å². The number of hydrogen-bond donors (Lipinski definition) is 2. The minimum atomic E-state index is -0.642. The molecule has 120 valence electrons. The Morgan fingerprint density at radius 2 is 1.96 bits per heavy atom. The summed E-state index contributed by atoms with van der Waals surface area (Å²) >= 11 is 3.25. The largest absolute Gasteiger partial charge is 0.483 e. The molecular formula is C16H14BrFN2O3. The van der Waals surface area contributed by atoms with Crippen molar-refractivity contribution in [2.75, 3.05) is 6.61 Å². The minimum absolute atomic E-state index is 0.0221. The first-order valence-electron chi connectivity index (χ1n) is 6.69. The highest BCUT2D eigenvalue weighted by atomic mass is 79.9. The highest BCUT2D eigenvalue weighted by Gasteiger charge is 2.13. The lowest BCUT2D eigenvalue weighted by Crippen LogP contribution is -2.25. The van der Waals surface area contributed by atoms with Gasteiger partial charge in [0.2, 0.25) is 0 Å². The van der Waals surface area contributed by atoms with Gasteiger partial charge in [-0.1, -0.05) is 28.1 Å². The van der Waals surface area contributed by atoms with Crippen LogP contribution in [0.15, 0.2) is 46.9 Å². The van der Waals surface area contributed by atoms with Gasteiger partial charge in [-0.25, -0.2) is 4.39 Å². The number of benzene rings is 2. The van der Waals surface area contributed by atoms with E-state index >= 15 is 0 Å². The molecule has 2 aromatic carbocycles. The second-order valence-electron chi connectivity index (χ2n) is 4.67. The van der Waals surface area contributed by atoms with Crippen molar-refractivity contribution in [3.8, 4) is 5.75 Å². The van der Waals surface area contributed by atoms with E-state index in [1.165, 1.54) is 6.07 Å². The van der Waals surface area contributed by atoms with Gasteiger partial charge in [-0.15, -0.1) is 0 Å². The van der Waals surface area contributed by atoms with E-state index in [1.54, 1.807) is 36.4 Å². The summed E-state index contributed by atoms with van der Waals surface area (Å²) in [6.07, 6.45) is 0. The molecule has 0 saturated carbocycles. The highest BCUT2D eigenvalue weighted by Crippen LogP contribution is 2.19. The van der Waals surface area contributed by atoms with Crippen LogP contribution < -0.4 is 15.8 Å². The Morgan fingerprint density at radius 1 is 1.22 bits per heavy atom. The standard InChI is InChI=1S/C16H14BrFN2O3/c17-11-5-6-13(18)10(7-11)8-20-16(22)12-3-1-2-4-14(12)23-9-15(19)21/h1-7H,8-9H2,(H2,19,21)(H,20,22). The maximum atomic E-state index is 13.7. The second kappa shape index (κ2) is 7.73. The molecule has 0 bridgehead atoms. The third-order valence-electron chi connectivity index (χ3n) is 2.95. The number of halogens is 2. The van der Waals surface area contributed by atoms with Crippen molar-refractivity contribution in [1.29, 1.82) is 0 Å². The molecule has 0 aliphatic rings. The van der Waals surface area contributed by atoms with Crippen LogP contribution in [0.2, 0.25) is 0 Å². The Hall–Kier alpha value is -2.41. The zero-order chi connectivity index (χ0) is 16.8. The first-order chi connectivity index (χ1) is 11.0. The summed E-state index contributed by atoms with van der Waals surface area (Å²) in [5.41, 5.74) is 5.61. The minimum Gasteiger partial charge on any atom is -0.483 e. The van der Waals surface area contributed by atoms with E-state index in [9.17, 15) is 14.0 Å². The predicted molar refractivity (Wildman–Crippen MR) is 86.4 cm³/mol. The summed E-state index contributed by atoms with van der Waals surface area (Å²) in [6.45, 7) is -0.307. The van der Waals surface area contributed by atoms with Crippen molar-refractivity contribution in [1.82, 2.24) is 5.32 Å². The molecule has 0 aliphatic heterocycles. The molecule has 2 amide bonds. The fraction of sp³-hybridized carbons (Fsp3) is 0.125. The van der Waals surface area contributed by atoms with Gasteiger partial charge in [-0.05, 0) is 30.3 Å². The summed E-state index contributed by atoms with van der Waals surface area (Å²) in [5.74, 6) is -1.26. The Kier molecular flexibility index (Phi) is 5.70. The van der Waals surface area contributed by atoms with Crippen molar-refractivity contribution in [2.45, 2.75) is 6.54 Å². The first-order valence-corrected chi connectivity index (χ1v) is 7.49. The van der Waals surface area contributed by atoms with E-state index in [2.05, 4.69) is 21.2 Å². The first kappa shape index (κ1) is 17.0. The maximum absolute atomic E-state index is 13.7. The van der Waals surface area contributed by atoms with Gasteiger partial charge >= 0.3 is 0 Å². The van der Waals surface area contributed by atoms with Crippen LogP contribution >= 0.6 is 15.9 Å². The topological polar surface area (TPSA) is 81.4 Å². The van der Waals surface area contributed by atoms with Gasteiger partial charge < -0.3 is 15.8 Å². The van der Waals surface area contributed by atoms with Crippen LogP contribution in [0.5, 0.6) is 5.75 Å². The van der Waals surface area contributed by atoms with Gasteiger partial charge in [-0.3, -0.25) is 9.59 Å². The van der Waals surface area contributed by atoms with Gasteiger partial charge in [0.15, 0.2) is 6.61 Å². The van der Waals surface area contributed by atoms with Crippen molar-refractivity contribution in [2.24, 2.45) is 5.73 Å². The quantitative estimate of drug-likeness (QED) is 0.806. The number of amides is 2. The molecule has 3 N–H and O–H groups in total. The van der Waals surface area contributed by atoms with Gasteiger partial charge in [0.25, 0.3) is 11.8 Å². The third-order valence-corrected chi connectivity index (χ3v) is 3.44. The number of hydrogen-bond acceptors (Lipinski definition) is 3. The van der Waals surface area contributed by atoms with Crippen molar-refractivity contribution in [3.05, 3.63) is 63.9 Å². The van der Waals surface area contributed by atoms with Crippen LogP contribution in [-0.2, 0) is 11.3 Å². The average Bonchev–Trinajstić information content (AvgIpc) is 2.53. The van der Waals surface area contributed by atoms with E-state index in [1.807, 2.05) is 0 Å². The van der Waals surface area contributed by atoms with Crippen LogP contribution in [-0.4, -0.2) is 18.4 Å². The Balaban J connectivity index is 2.08. The molecule has 0 aromatic heterocycles. The number of primary amides is 1. The molecule has 0 unspecified atom stereocenters. The highest BCUT2D eigenvalue weighted by molar-refractivity contribution is 9.10. The molecule has 2 aromatic rings. The van der Waals surface area contributed by atoms with Crippen LogP contribution in [0.4, 0.5) is 4.39 Å². The molecule has 0 saturated heterocycles. The van der Waals surface area contributed by atoms with Crippen molar-refractivity contribution < 1.29 is 18.7 Å². The molecule has 7 heteroatoms. The number of carbonyl (C=O) groups excluding carboxylic acids is 2. The fourth-order valence-electron chi connectivity index (χ4n) is 1.88. The number of nitrogens with two attached hydrogens (primary N) is 1. The maximum Gasteiger partial charge on any atom is 0.255 e. The zero-order valence-corrected chi connectivity index (χ0v) is 13.6. The van der Waals surface area contributed by atoms with E-state index in [0.29, 0.717) is 10.0 Å². The summed E-state index contributed by atoms with van der Waals surface area (Å²) in [4.78, 5) is 23.0. The summed E-state index contributed by atoms with van der Waals surface area (Å²) in [5, 5.41) is 2.62. The van der Waals surface area contributed by atoms with Crippen LogP contribution in [0.1, 0.15) is 15.9 Å². The van der Waals surface area contributed by atoms with Crippen LogP contribution in [0.25, 0.3) is 0 Å². The lowest BCUT2D eigenvalue weighted by molar-refractivity contribution is -0.119. The lowest BCUT2D eigenvalue weighted by atomic mass is 10.1. The molecule has 0 atom stereocenters. The molecule has 5 nitrogen and oxygen atoms in total. The van der Waals surface area contributed by atoms with Gasteiger partial charge in [0, 0.05) is 16.6 Å².